The van der Waals surface area contributed by atoms with Crippen molar-refractivity contribution in [2.75, 3.05) is 11.6 Å². The van der Waals surface area contributed by atoms with E-state index in [1.165, 1.54) is 17.2 Å². The van der Waals surface area contributed by atoms with Crippen molar-refractivity contribution in [3.8, 4) is 0 Å². The van der Waals surface area contributed by atoms with Gasteiger partial charge in [-0.15, -0.1) is 5.10 Å². The summed E-state index contributed by atoms with van der Waals surface area (Å²) in [7, 11) is 0. The highest BCUT2D eigenvalue weighted by molar-refractivity contribution is 6.08. The van der Waals surface area contributed by atoms with Crippen LogP contribution in [0, 0.1) is 0 Å². The number of carbonyl (C=O) groups is 3. The van der Waals surface area contributed by atoms with Crippen molar-refractivity contribution in [3.05, 3.63) is 162 Å². The van der Waals surface area contributed by atoms with Gasteiger partial charge in [0.2, 0.25) is 0 Å². The maximum atomic E-state index is 13.5. The summed E-state index contributed by atoms with van der Waals surface area (Å²) in [5.41, 5.74) is 1.60. The molecule has 0 saturated carbocycles. The number of carbonyl (C=O) groups excluding carboxylic acids is 3. The summed E-state index contributed by atoms with van der Waals surface area (Å²) in [4.78, 5) is 38.7. The van der Waals surface area contributed by atoms with E-state index in [-0.39, 0.29) is 24.0 Å². The molecule has 8 heteroatoms. The number of hydrogen-bond donors (Lipinski definition) is 0. The van der Waals surface area contributed by atoms with E-state index in [4.69, 9.17) is 14.2 Å². The van der Waals surface area contributed by atoms with Crippen LogP contribution < -0.4 is 5.01 Å². The fourth-order valence-electron chi connectivity index (χ4n) is 3.80. The molecule has 0 bridgehead atoms. The summed E-state index contributed by atoms with van der Waals surface area (Å²) < 4.78 is 16.9. The quantitative estimate of drug-likeness (QED) is 0.195. The SMILES string of the molecule is O=C(OC/C=C1C=C(OC(=O)c2ccccc2)/C(=N/N(C(=O)c2ccccc2)c2ccccc2)O\1)c1ccccc1. The molecule has 1 aliphatic rings. The van der Waals surface area contributed by atoms with E-state index in [1.54, 1.807) is 115 Å². The molecule has 0 fully saturated rings. The topological polar surface area (TPSA) is 94.5 Å². The highest BCUT2D eigenvalue weighted by Gasteiger charge is 2.28. The first-order valence-electron chi connectivity index (χ1n) is 12.7. The molecule has 41 heavy (non-hydrogen) atoms. The zero-order valence-electron chi connectivity index (χ0n) is 21.8. The lowest BCUT2D eigenvalue weighted by Gasteiger charge is -2.18. The first-order valence-corrected chi connectivity index (χ1v) is 12.7. The van der Waals surface area contributed by atoms with E-state index in [9.17, 15) is 14.4 Å². The smallest absolute Gasteiger partial charge is 0.343 e. The Morgan fingerprint density at radius 1 is 0.683 bits per heavy atom. The van der Waals surface area contributed by atoms with Gasteiger partial charge in [-0.05, 0) is 54.6 Å². The molecule has 5 rings (SSSR count). The average molecular weight is 545 g/mol. The predicted octanol–water partition coefficient (Wildman–Crippen LogP) is 6.16. The molecule has 0 saturated heterocycles. The third kappa shape index (κ3) is 6.82. The van der Waals surface area contributed by atoms with Crippen LogP contribution in [-0.4, -0.2) is 30.4 Å². The largest absolute Gasteiger partial charge is 0.458 e. The van der Waals surface area contributed by atoms with E-state index in [0.717, 1.165) is 0 Å². The van der Waals surface area contributed by atoms with Gasteiger partial charge in [0.05, 0.1) is 16.8 Å². The van der Waals surface area contributed by atoms with E-state index in [2.05, 4.69) is 5.10 Å². The van der Waals surface area contributed by atoms with Crippen LogP contribution in [0.25, 0.3) is 0 Å². The van der Waals surface area contributed by atoms with Crippen LogP contribution in [0.1, 0.15) is 31.1 Å². The lowest BCUT2D eigenvalue weighted by molar-refractivity contribution is 0.0546. The predicted molar refractivity (Wildman–Crippen MR) is 153 cm³/mol. The van der Waals surface area contributed by atoms with Crippen LogP contribution >= 0.6 is 0 Å². The molecule has 0 aromatic heterocycles. The van der Waals surface area contributed by atoms with Gasteiger partial charge in [-0.3, -0.25) is 4.79 Å². The number of rotatable bonds is 8. The van der Waals surface area contributed by atoms with Crippen LogP contribution in [0.3, 0.4) is 0 Å². The number of nitrogens with zero attached hydrogens (tertiary/aromatic N) is 2. The highest BCUT2D eigenvalue weighted by Crippen LogP contribution is 2.25. The first kappa shape index (κ1) is 26.8. The van der Waals surface area contributed by atoms with Crippen LogP contribution in [0.5, 0.6) is 0 Å². The average Bonchev–Trinajstić information content (AvgIpc) is 3.41. The van der Waals surface area contributed by atoms with Gasteiger partial charge in [-0.25, -0.2) is 9.59 Å². The molecule has 4 aromatic carbocycles. The Hall–Kier alpha value is -5.76. The number of ether oxygens (including phenoxy) is 3. The van der Waals surface area contributed by atoms with Crippen molar-refractivity contribution in [2.45, 2.75) is 0 Å². The molecule has 1 amide bonds. The van der Waals surface area contributed by atoms with Crippen molar-refractivity contribution in [1.29, 1.82) is 0 Å². The molecule has 1 heterocycles. The van der Waals surface area contributed by atoms with Crippen molar-refractivity contribution >= 4 is 29.4 Å². The lowest BCUT2D eigenvalue weighted by Crippen LogP contribution is -2.28. The van der Waals surface area contributed by atoms with Gasteiger partial charge in [-0.2, -0.15) is 5.01 Å². The maximum absolute atomic E-state index is 13.5. The number of hydrogen-bond acceptors (Lipinski definition) is 7. The number of anilines is 1. The Balaban J connectivity index is 1.44. The van der Waals surface area contributed by atoms with Crippen molar-refractivity contribution in [1.82, 2.24) is 0 Å². The van der Waals surface area contributed by atoms with Crippen molar-refractivity contribution < 1.29 is 28.6 Å². The van der Waals surface area contributed by atoms with Crippen molar-refractivity contribution in [3.63, 3.8) is 0 Å². The minimum absolute atomic E-state index is 0.0127. The summed E-state index contributed by atoms with van der Waals surface area (Å²) in [5, 5.41) is 5.65. The molecule has 202 valence electrons. The fraction of sp³-hybridized carbons (Fsp3) is 0.0303. The number of esters is 2. The van der Waals surface area contributed by atoms with Gasteiger partial charge in [0.1, 0.15) is 12.4 Å². The van der Waals surface area contributed by atoms with Gasteiger partial charge >= 0.3 is 11.9 Å². The van der Waals surface area contributed by atoms with Crippen LogP contribution in [0.4, 0.5) is 5.69 Å². The van der Waals surface area contributed by atoms with Crippen LogP contribution in [0.15, 0.2) is 150 Å². The molecule has 0 atom stereocenters. The zero-order valence-corrected chi connectivity index (χ0v) is 21.8. The highest BCUT2D eigenvalue weighted by atomic mass is 16.6. The number of benzene rings is 4. The molecular weight excluding hydrogens is 520 g/mol. The molecule has 0 spiro atoms. The number of amides is 1. The monoisotopic (exact) mass is 544 g/mol. The Labute approximate surface area is 236 Å². The van der Waals surface area contributed by atoms with Gasteiger partial charge in [-0.1, -0.05) is 72.8 Å². The van der Waals surface area contributed by atoms with E-state index in [0.29, 0.717) is 22.4 Å². The molecule has 8 nitrogen and oxygen atoms in total. The van der Waals surface area contributed by atoms with E-state index < -0.39 is 17.8 Å². The standard InChI is InChI=1S/C33H24N2O6/c36-31(24-13-5-1-6-14-24)35(27-19-11-4-12-20-27)34-30-29(41-33(38)26-17-9-3-10-18-26)23-28(40-30)21-22-39-32(37)25-15-7-2-8-16-25/h1-21,23H,22H2/b28-21+,34-30-. The number of para-hydroxylation sites is 1. The third-order valence-corrected chi connectivity index (χ3v) is 5.82. The summed E-state index contributed by atoms with van der Waals surface area (Å²) in [6, 6.07) is 34.5. The molecule has 0 N–H and O–H groups in total. The molecule has 4 aromatic rings. The Kier molecular flexibility index (Phi) is 8.42. The first-order chi connectivity index (χ1) is 20.1. The Morgan fingerprint density at radius 3 is 1.78 bits per heavy atom. The van der Waals surface area contributed by atoms with Crippen LogP contribution in [-0.2, 0) is 14.2 Å². The second-order valence-corrected chi connectivity index (χ2v) is 8.66. The zero-order chi connectivity index (χ0) is 28.4. The molecule has 0 unspecified atom stereocenters. The molecule has 1 aliphatic heterocycles. The minimum atomic E-state index is -0.634. The minimum Gasteiger partial charge on any atom is -0.458 e. The fourth-order valence-corrected chi connectivity index (χ4v) is 3.80. The van der Waals surface area contributed by atoms with E-state index >= 15 is 0 Å². The molecule has 0 aliphatic carbocycles. The van der Waals surface area contributed by atoms with Gasteiger partial charge in [0.15, 0.2) is 5.76 Å². The second-order valence-electron chi connectivity index (χ2n) is 8.66. The number of allylic oxidation sites excluding steroid dienone is 1. The van der Waals surface area contributed by atoms with Crippen molar-refractivity contribution in [2.24, 2.45) is 5.10 Å². The Bertz CT molecular complexity index is 1620. The summed E-state index contributed by atoms with van der Waals surface area (Å²) >= 11 is 0. The summed E-state index contributed by atoms with van der Waals surface area (Å²) in [5.74, 6) is -1.47. The number of hydrazone groups is 1. The van der Waals surface area contributed by atoms with Crippen LogP contribution in [0.2, 0.25) is 0 Å². The summed E-state index contributed by atoms with van der Waals surface area (Å²) in [6.45, 7) is -0.113. The molecule has 0 radical (unpaired) electrons. The maximum Gasteiger partial charge on any atom is 0.343 e. The van der Waals surface area contributed by atoms with Gasteiger partial charge in [0.25, 0.3) is 11.8 Å². The normalized spacial score (nSPS) is 14.2. The van der Waals surface area contributed by atoms with E-state index in [1.807, 2.05) is 6.07 Å². The second kappa shape index (κ2) is 12.9. The third-order valence-electron chi connectivity index (χ3n) is 5.82. The van der Waals surface area contributed by atoms with Gasteiger partial charge < -0.3 is 14.2 Å². The molecular formula is C33H24N2O6. The lowest BCUT2D eigenvalue weighted by atomic mass is 10.2. The Morgan fingerprint density at radius 2 is 1.20 bits per heavy atom. The van der Waals surface area contributed by atoms with Gasteiger partial charge in [0, 0.05) is 11.6 Å². The summed E-state index contributed by atoms with van der Waals surface area (Å²) in [6.07, 6.45) is 2.96.